The van der Waals surface area contributed by atoms with Crippen LogP contribution < -0.4 is 15.0 Å². The van der Waals surface area contributed by atoms with Gasteiger partial charge < -0.3 is 15.0 Å². The van der Waals surface area contributed by atoms with Crippen molar-refractivity contribution in [2.45, 2.75) is 6.04 Å². The van der Waals surface area contributed by atoms with Crippen molar-refractivity contribution in [3.8, 4) is 5.75 Å². The Balaban J connectivity index is 1.81. The summed E-state index contributed by atoms with van der Waals surface area (Å²) >= 11 is 0. The van der Waals surface area contributed by atoms with Gasteiger partial charge >= 0.3 is 0 Å². The van der Waals surface area contributed by atoms with Crippen molar-refractivity contribution < 1.29 is 4.74 Å². The topological polar surface area (TPSA) is 37.4 Å². The van der Waals surface area contributed by atoms with E-state index in [2.05, 4.69) is 21.3 Å². The molecule has 3 rings (SSSR count). The molecule has 80 valence electrons. The van der Waals surface area contributed by atoms with Crippen molar-refractivity contribution in [1.82, 2.24) is 10.3 Å². The van der Waals surface area contributed by atoms with E-state index in [4.69, 9.17) is 4.74 Å². The van der Waals surface area contributed by atoms with Gasteiger partial charge in [-0.15, -0.1) is 0 Å². The van der Waals surface area contributed by atoms with Crippen LogP contribution in [0.1, 0.15) is 0 Å². The zero-order valence-electron chi connectivity index (χ0n) is 8.81. The van der Waals surface area contributed by atoms with Gasteiger partial charge in [0, 0.05) is 37.7 Å². The van der Waals surface area contributed by atoms with E-state index in [1.165, 1.54) is 12.2 Å². The molecule has 2 atom stereocenters. The van der Waals surface area contributed by atoms with Crippen LogP contribution in [0.2, 0.25) is 0 Å². The highest BCUT2D eigenvalue weighted by molar-refractivity contribution is 5.52. The fourth-order valence-corrected chi connectivity index (χ4v) is 2.49. The molecule has 0 aliphatic carbocycles. The van der Waals surface area contributed by atoms with Crippen LogP contribution in [0.4, 0.5) is 5.69 Å². The second-order valence-electron chi connectivity index (χ2n) is 4.22. The summed E-state index contributed by atoms with van der Waals surface area (Å²) in [5.74, 6) is 1.66. The maximum absolute atomic E-state index is 5.18. The number of nitrogens with zero attached hydrogens (tertiary/aromatic N) is 2. The zero-order valence-corrected chi connectivity index (χ0v) is 8.81. The monoisotopic (exact) mass is 205 g/mol. The van der Waals surface area contributed by atoms with E-state index < -0.39 is 0 Å². The first-order chi connectivity index (χ1) is 7.38. The lowest BCUT2D eigenvalue weighted by atomic mass is 9.91. The van der Waals surface area contributed by atoms with Crippen molar-refractivity contribution in [2.24, 2.45) is 5.92 Å². The number of aromatic nitrogens is 1. The van der Waals surface area contributed by atoms with Crippen LogP contribution in [0.3, 0.4) is 0 Å². The minimum atomic E-state index is 0.666. The van der Waals surface area contributed by atoms with Gasteiger partial charge in [0.2, 0.25) is 0 Å². The molecule has 1 N–H and O–H groups in total. The molecule has 2 saturated heterocycles. The van der Waals surface area contributed by atoms with Crippen LogP contribution in [0, 0.1) is 5.92 Å². The highest BCUT2D eigenvalue weighted by atomic mass is 16.5. The van der Waals surface area contributed by atoms with Crippen LogP contribution in [-0.2, 0) is 0 Å². The Bertz CT molecular complexity index is 369. The van der Waals surface area contributed by atoms with Gasteiger partial charge in [-0.05, 0) is 0 Å². The summed E-state index contributed by atoms with van der Waals surface area (Å²) in [7, 11) is 1.68. The van der Waals surface area contributed by atoms with Crippen LogP contribution in [-0.4, -0.2) is 37.8 Å². The lowest BCUT2D eigenvalue weighted by Gasteiger charge is -2.45. The largest absolute Gasteiger partial charge is 0.495 e. The summed E-state index contributed by atoms with van der Waals surface area (Å²) in [5, 5.41) is 3.42. The second-order valence-corrected chi connectivity index (χ2v) is 4.22. The number of methoxy groups -OCH3 is 1. The van der Waals surface area contributed by atoms with E-state index in [1.54, 1.807) is 13.3 Å². The quantitative estimate of drug-likeness (QED) is 0.763. The van der Waals surface area contributed by atoms with E-state index in [9.17, 15) is 0 Å². The number of pyridine rings is 1. The first-order valence-electron chi connectivity index (χ1n) is 5.35. The Morgan fingerprint density at radius 2 is 2.40 bits per heavy atom. The number of hydrogen-bond acceptors (Lipinski definition) is 4. The lowest BCUT2D eigenvalue weighted by molar-refractivity contribution is 0.363. The Morgan fingerprint density at radius 1 is 1.47 bits per heavy atom. The molecule has 15 heavy (non-hydrogen) atoms. The van der Waals surface area contributed by atoms with Gasteiger partial charge in [0.05, 0.1) is 25.2 Å². The first-order valence-corrected chi connectivity index (χ1v) is 5.35. The predicted molar refractivity (Wildman–Crippen MR) is 58.3 cm³/mol. The fourth-order valence-electron chi connectivity index (χ4n) is 2.49. The van der Waals surface area contributed by atoms with Crippen LogP contribution in [0.5, 0.6) is 5.75 Å². The number of hydrogen-bond donors (Lipinski definition) is 1. The summed E-state index contributed by atoms with van der Waals surface area (Å²) in [5.41, 5.74) is 1.18. The molecular formula is C11H15N3O. The molecule has 1 aromatic heterocycles. The maximum atomic E-state index is 5.18. The van der Waals surface area contributed by atoms with E-state index in [-0.39, 0.29) is 0 Å². The molecule has 2 fully saturated rings. The Morgan fingerprint density at radius 3 is 3.20 bits per heavy atom. The molecule has 2 aliphatic heterocycles. The molecule has 4 nitrogen and oxygen atoms in total. The number of fused-ring (bicyclic) bond motifs is 1. The van der Waals surface area contributed by atoms with Gasteiger partial charge in [-0.1, -0.05) is 0 Å². The van der Waals surface area contributed by atoms with Crippen LogP contribution in [0.25, 0.3) is 0 Å². The third-order valence-corrected chi connectivity index (χ3v) is 3.40. The van der Waals surface area contributed by atoms with Crippen LogP contribution in [0.15, 0.2) is 18.5 Å². The first kappa shape index (κ1) is 8.97. The van der Waals surface area contributed by atoms with Gasteiger partial charge in [0.15, 0.2) is 0 Å². The van der Waals surface area contributed by atoms with Crippen molar-refractivity contribution in [3.63, 3.8) is 0 Å². The highest BCUT2D eigenvalue weighted by Crippen LogP contribution is 2.33. The minimum Gasteiger partial charge on any atom is -0.495 e. The molecule has 4 heteroatoms. The molecule has 0 unspecified atom stereocenters. The average Bonchev–Trinajstić information content (AvgIpc) is 2.61. The predicted octanol–water partition coefficient (Wildman–Crippen LogP) is 0.498. The van der Waals surface area contributed by atoms with E-state index >= 15 is 0 Å². The second kappa shape index (κ2) is 3.38. The molecule has 0 bridgehead atoms. The van der Waals surface area contributed by atoms with Gasteiger partial charge in [0.1, 0.15) is 5.75 Å². The lowest BCUT2D eigenvalue weighted by Crippen LogP contribution is -2.55. The highest BCUT2D eigenvalue weighted by Gasteiger charge is 2.42. The number of rotatable bonds is 2. The van der Waals surface area contributed by atoms with E-state index in [1.807, 2.05) is 6.20 Å². The molecule has 3 heterocycles. The Kier molecular flexibility index (Phi) is 2.02. The van der Waals surface area contributed by atoms with Crippen LogP contribution >= 0.6 is 0 Å². The van der Waals surface area contributed by atoms with Gasteiger partial charge in [-0.2, -0.15) is 0 Å². The third-order valence-electron chi connectivity index (χ3n) is 3.40. The summed E-state index contributed by atoms with van der Waals surface area (Å²) in [6, 6.07) is 2.72. The number of ether oxygens (including phenoxy) is 1. The fraction of sp³-hybridized carbons (Fsp3) is 0.545. The standard InChI is InChI=1S/C11H15N3O/c1-15-10-2-9(4-13-5-10)14-7-8-3-12-6-11(8)14/h2,4-5,8,11-12H,3,6-7H2,1H3/t8-,11-/m0/s1. The summed E-state index contributed by atoms with van der Waals surface area (Å²) in [6.07, 6.45) is 3.66. The summed E-state index contributed by atoms with van der Waals surface area (Å²) in [6.45, 7) is 3.41. The zero-order chi connectivity index (χ0) is 10.3. The number of anilines is 1. The van der Waals surface area contributed by atoms with Crippen molar-refractivity contribution >= 4 is 5.69 Å². The molecule has 0 radical (unpaired) electrons. The normalized spacial score (nSPS) is 28.5. The van der Waals surface area contributed by atoms with E-state index in [0.29, 0.717) is 6.04 Å². The van der Waals surface area contributed by atoms with Crippen molar-refractivity contribution in [1.29, 1.82) is 0 Å². The number of nitrogens with one attached hydrogen (secondary N) is 1. The summed E-state index contributed by atoms with van der Waals surface area (Å²) in [4.78, 5) is 6.59. The molecule has 0 aromatic carbocycles. The SMILES string of the molecule is COc1cncc(N2C[C@@H]3CNC[C@@H]32)c1. The molecular weight excluding hydrogens is 190 g/mol. The molecule has 1 aromatic rings. The Hall–Kier alpha value is -1.29. The van der Waals surface area contributed by atoms with Gasteiger partial charge in [-0.3, -0.25) is 4.98 Å². The summed E-state index contributed by atoms with van der Waals surface area (Å²) < 4.78 is 5.18. The maximum Gasteiger partial charge on any atom is 0.139 e. The minimum absolute atomic E-state index is 0.666. The Labute approximate surface area is 89.3 Å². The third kappa shape index (κ3) is 1.36. The molecule has 0 amide bonds. The molecule has 2 aliphatic rings. The van der Waals surface area contributed by atoms with Gasteiger partial charge in [-0.25, -0.2) is 0 Å². The molecule has 0 saturated carbocycles. The van der Waals surface area contributed by atoms with Crippen molar-refractivity contribution in [2.75, 3.05) is 31.6 Å². The average molecular weight is 205 g/mol. The van der Waals surface area contributed by atoms with Gasteiger partial charge in [0.25, 0.3) is 0 Å². The van der Waals surface area contributed by atoms with Crippen molar-refractivity contribution in [3.05, 3.63) is 18.5 Å². The molecule has 0 spiro atoms. The van der Waals surface area contributed by atoms with E-state index in [0.717, 1.165) is 24.8 Å². The smallest absolute Gasteiger partial charge is 0.139 e.